The van der Waals surface area contributed by atoms with Gasteiger partial charge in [-0.05, 0) is 26.0 Å². The fraction of sp³-hybridized carbons (Fsp3) is 0.308. The molecule has 0 spiro atoms. The fourth-order valence-electron chi connectivity index (χ4n) is 1.82. The topological polar surface area (TPSA) is 44.9 Å². The minimum absolute atomic E-state index is 0.790. The van der Waals surface area contributed by atoms with Crippen molar-refractivity contribution in [2.24, 2.45) is 0 Å². The molecular formula is C13H18N5+. The van der Waals surface area contributed by atoms with Crippen LogP contribution >= 0.6 is 0 Å². The van der Waals surface area contributed by atoms with Crippen molar-refractivity contribution in [2.75, 3.05) is 23.4 Å². The molecule has 0 aliphatic carbocycles. The number of benzene rings is 1. The number of hydrogen-bond acceptors (Lipinski definition) is 4. The Morgan fingerprint density at radius 2 is 2.00 bits per heavy atom. The molecule has 0 amide bonds. The van der Waals surface area contributed by atoms with Gasteiger partial charge in [-0.25, -0.2) is 5.01 Å². The normalized spacial score (nSPS) is 10.1. The molecule has 0 saturated carbocycles. The van der Waals surface area contributed by atoms with E-state index in [-0.39, 0.29) is 0 Å². The molecule has 5 nitrogen and oxygen atoms in total. The molecule has 0 aliphatic rings. The molecule has 0 unspecified atom stereocenters. The van der Waals surface area contributed by atoms with Crippen LogP contribution < -0.4 is 15.0 Å². The molecule has 2 rings (SSSR count). The predicted molar refractivity (Wildman–Crippen MR) is 71.3 cm³/mol. The third-order valence-electron chi connectivity index (χ3n) is 2.59. The van der Waals surface area contributed by atoms with Crippen molar-refractivity contribution in [3.8, 4) is 0 Å². The van der Waals surface area contributed by atoms with E-state index >= 15 is 0 Å². The molecule has 1 heterocycles. The number of anilines is 2. The highest BCUT2D eigenvalue weighted by molar-refractivity contribution is 5.43. The zero-order chi connectivity index (χ0) is 12.8. The van der Waals surface area contributed by atoms with Crippen LogP contribution in [0.5, 0.6) is 0 Å². The Bertz CT molecular complexity index is 486. The summed E-state index contributed by atoms with van der Waals surface area (Å²) in [7, 11) is 0. The van der Waals surface area contributed by atoms with E-state index < -0.39 is 0 Å². The smallest absolute Gasteiger partial charge is 0.293 e. The van der Waals surface area contributed by atoms with Crippen LogP contribution in [0.4, 0.5) is 11.6 Å². The Morgan fingerprint density at radius 1 is 1.22 bits per heavy atom. The second kappa shape index (κ2) is 5.95. The van der Waals surface area contributed by atoms with Crippen molar-refractivity contribution in [1.82, 2.24) is 9.97 Å². The summed E-state index contributed by atoms with van der Waals surface area (Å²) >= 11 is 0. The van der Waals surface area contributed by atoms with Gasteiger partial charge in [0.1, 0.15) is 0 Å². The van der Waals surface area contributed by atoms with E-state index in [1.165, 1.54) is 0 Å². The van der Waals surface area contributed by atoms with Crippen molar-refractivity contribution in [1.29, 1.82) is 0 Å². The Labute approximate surface area is 107 Å². The summed E-state index contributed by atoms with van der Waals surface area (Å²) in [6, 6.07) is 10.2. The number of para-hydroxylation sites is 1. The minimum Gasteiger partial charge on any atom is -0.293 e. The molecule has 1 aromatic heterocycles. The lowest BCUT2D eigenvalue weighted by molar-refractivity contribution is -0.675. The molecule has 2 aromatic rings. The summed E-state index contributed by atoms with van der Waals surface area (Å²) in [6.45, 7) is 5.80. The van der Waals surface area contributed by atoms with Gasteiger partial charge in [-0.3, -0.25) is 5.32 Å². The van der Waals surface area contributed by atoms with Crippen LogP contribution in [0.1, 0.15) is 13.8 Å². The quantitative estimate of drug-likeness (QED) is 0.809. The number of rotatable bonds is 5. The molecule has 18 heavy (non-hydrogen) atoms. The first-order chi connectivity index (χ1) is 8.86. The first-order valence-electron chi connectivity index (χ1n) is 6.15. The zero-order valence-electron chi connectivity index (χ0n) is 10.7. The minimum atomic E-state index is 0.790. The summed E-state index contributed by atoms with van der Waals surface area (Å²) in [4.78, 5) is 8.35. The van der Waals surface area contributed by atoms with Gasteiger partial charge in [-0.1, -0.05) is 23.2 Å². The highest BCUT2D eigenvalue weighted by Gasteiger charge is 2.15. The average Bonchev–Trinajstić information content (AvgIpc) is 2.43. The van der Waals surface area contributed by atoms with Gasteiger partial charge in [0.05, 0.1) is 5.69 Å². The van der Waals surface area contributed by atoms with Gasteiger partial charge >= 0.3 is 5.95 Å². The molecule has 0 saturated heterocycles. The zero-order valence-corrected chi connectivity index (χ0v) is 10.7. The van der Waals surface area contributed by atoms with E-state index in [4.69, 9.17) is 0 Å². The van der Waals surface area contributed by atoms with Gasteiger partial charge in [0, 0.05) is 13.1 Å². The van der Waals surface area contributed by atoms with E-state index in [0.29, 0.717) is 0 Å². The summed E-state index contributed by atoms with van der Waals surface area (Å²) in [6.07, 6.45) is 3.31. The number of nitrogens with zero attached hydrogens (tertiary/aromatic N) is 4. The van der Waals surface area contributed by atoms with Crippen molar-refractivity contribution in [2.45, 2.75) is 13.8 Å². The third-order valence-corrected chi connectivity index (χ3v) is 2.59. The largest absolute Gasteiger partial charge is 0.371 e. The molecule has 0 bridgehead atoms. The van der Waals surface area contributed by atoms with Crippen molar-refractivity contribution >= 4 is 11.6 Å². The van der Waals surface area contributed by atoms with Gasteiger partial charge < -0.3 is 0 Å². The van der Waals surface area contributed by atoms with Crippen molar-refractivity contribution in [3.05, 3.63) is 43.0 Å². The summed E-state index contributed by atoms with van der Waals surface area (Å²) in [5.41, 5.74) is 1.11. The standard InChI is InChI=1S/C13H17N5/c1-3-15-13-16-10-14-11-18(13)17(4-2)12-8-6-5-7-9-12/h5-11H,3-4H2,1-2H3/p+1. The van der Waals surface area contributed by atoms with Crippen LogP contribution in [0.2, 0.25) is 0 Å². The van der Waals surface area contributed by atoms with E-state index in [9.17, 15) is 0 Å². The molecule has 1 N–H and O–H groups in total. The van der Waals surface area contributed by atoms with Crippen LogP contribution in [0, 0.1) is 0 Å². The van der Waals surface area contributed by atoms with Gasteiger partial charge in [0.2, 0.25) is 12.7 Å². The van der Waals surface area contributed by atoms with Crippen molar-refractivity contribution in [3.63, 3.8) is 0 Å². The number of aromatic nitrogens is 3. The molecule has 5 heteroatoms. The maximum atomic E-state index is 4.26. The second-order valence-electron chi connectivity index (χ2n) is 3.76. The molecule has 0 atom stereocenters. The summed E-state index contributed by atoms with van der Waals surface area (Å²) < 4.78 is 1.93. The SMILES string of the molecule is CCNc1ncnc[n+]1N(CC)c1ccccc1. The van der Waals surface area contributed by atoms with Gasteiger partial charge in [0.25, 0.3) is 0 Å². The first-order valence-corrected chi connectivity index (χ1v) is 6.15. The Kier molecular flexibility index (Phi) is 4.06. The summed E-state index contributed by atoms with van der Waals surface area (Å²) in [5.74, 6) is 0.790. The van der Waals surface area contributed by atoms with Crippen LogP contribution in [-0.2, 0) is 0 Å². The molecule has 0 radical (unpaired) electrons. The number of hydrogen-bond donors (Lipinski definition) is 1. The van der Waals surface area contributed by atoms with Gasteiger partial charge in [0.15, 0.2) is 0 Å². The first kappa shape index (κ1) is 12.3. The van der Waals surface area contributed by atoms with E-state index in [1.807, 2.05) is 29.8 Å². The lowest BCUT2D eigenvalue weighted by Crippen LogP contribution is -2.56. The lowest BCUT2D eigenvalue weighted by atomic mass is 10.3. The maximum Gasteiger partial charge on any atom is 0.371 e. The Balaban J connectivity index is 2.39. The molecular weight excluding hydrogens is 226 g/mol. The highest BCUT2D eigenvalue weighted by atomic mass is 15.6. The molecule has 94 valence electrons. The Morgan fingerprint density at radius 3 is 2.67 bits per heavy atom. The fourth-order valence-corrected chi connectivity index (χ4v) is 1.82. The van der Waals surface area contributed by atoms with Gasteiger partial charge in [-0.15, -0.1) is 9.66 Å². The van der Waals surface area contributed by atoms with E-state index in [0.717, 1.165) is 24.7 Å². The van der Waals surface area contributed by atoms with Crippen molar-refractivity contribution < 1.29 is 4.68 Å². The van der Waals surface area contributed by atoms with Crippen LogP contribution in [-0.4, -0.2) is 23.1 Å². The third kappa shape index (κ3) is 2.56. The monoisotopic (exact) mass is 244 g/mol. The molecule has 0 aliphatic heterocycles. The number of nitrogens with one attached hydrogen (secondary N) is 1. The van der Waals surface area contributed by atoms with E-state index in [2.05, 4.69) is 39.4 Å². The molecule has 0 fully saturated rings. The lowest BCUT2D eigenvalue weighted by Gasteiger charge is -2.22. The van der Waals surface area contributed by atoms with Gasteiger partial charge in [-0.2, -0.15) is 0 Å². The predicted octanol–water partition coefficient (Wildman–Crippen LogP) is 1.49. The second-order valence-corrected chi connectivity index (χ2v) is 3.76. The van der Waals surface area contributed by atoms with E-state index in [1.54, 1.807) is 12.7 Å². The van der Waals surface area contributed by atoms with Crippen LogP contribution in [0.3, 0.4) is 0 Å². The molecule has 1 aromatic carbocycles. The Hall–Kier alpha value is -2.17. The summed E-state index contributed by atoms with van der Waals surface area (Å²) in [5, 5.41) is 5.34. The van der Waals surface area contributed by atoms with Crippen LogP contribution in [0.25, 0.3) is 0 Å². The average molecular weight is 244 g/mol. The van der Waals surface area contributed by atoms with Crippen LogP contribution in [0.15, 0.2) is 43.0 Å². The maximum absolute atomic E-state index is 4.26. The highest BCUT2D eigenvalue weighted by Crippen LogP contribution is 2.10.